The van der Waals surface area contributed by atoms with Crippen LogP contribution >= 0.6 is 15.9 Å². The van der Waals surface area contributed by atoms with Crippen molar-refractivity contribution in [2.45, 2.75) is 6.54 Å². The van der Waals surface area contributed by atoms with Gasteiger partial charge in [-0.25, -0.2) is 10.4 Å². The first kappa shape index (κ1) is 29.0. The van der Waals surface area contributed by atoms with E-state index in [9.17, 15) is 9.59 Å². The Kier molecular flexibility index (Phi) is 9.58. The van der Waals surface area contributed by atoms with Gasteiger partial charge in [0.2, 0.25) is 0 Å². The van der Waals surface area contributed by atoms with Crippen LogP contribution in [0, 0.1) is 0 Å². The predicted octanol–water partition coefficient (Wildman–Crippen LogP) is 5.19. The second-order valence-corrected chi connectivity index (χ2v) is 10.7. The number of pyridine rings is 1. The molecular formula is C32H31BrN6O3. The first-order valence-corrected chi connectivity index (χ1v) is 14.3. The summed E-state index contributed by atoms with van der Waals surface area (Å²) in [6, 6.07) is 25.9. The number of aromatic nitrogens is 1. The largest absolute Gasteiger partial charge is 0.497 e. The normalized spacial score (nSPS) is 13.6. The van der Waals surface area contributed by atoms with E-state index in [2.05, 4.69) is 46.6 Å². The van der Waals surface area contributed by atoms with Crippen molar-refractivity contribution in [3.05, 3.63) is 118 Å². The molecule has 2 amide bonds. The van der Waals surface area contributed by atoms with Gasteiger partial charge in [-0.15, -0.1) is 0 Å². The van der Waals surface area contributed by atoms with E-state index in [1.807, 2.05) is 72.9 Å². The van der Waals surface area contributed by atoms with Gasteiger partial charge >= 0.3 is 0 Å². The number of hydrogen-bond donors (Lipinski definition) is 2. The number of benzene rings is 3. The molecule has 2 N–H and O–H groups in total. The van der Waals surface area contributed by atoms with Crippen molar-refractivity contribution in [2.24, 2.45) is 5.10 Å². The predicted molar refractivity (Wildman–Crippen MR) is 168 cm³/mol. The van der Waals surface area contributed by atoms with Gasteiger partial charge < -0.3 is 15.0 Å². The number of carbonyl (C=O) groups is 2. The van der Waals surface area contributed by atoms with Crippen LogP contribution < -0.4 is 20.4 Å². The summed E-state index contributed by atoms with van der Waals surface area (Å²) in [6.45, 7) is 4.54. The highest BCUT2D eigenvalue weighted by molar-refractivity contribution is 9.10. The summed E-state index contributed by atoms with van der Waals surface area (Å²) in [5.41, 5.74) is 5.64. The molecule has 0 radical (unpaired) electrons. The highest BCUT2D eigenvalue weighted by Crippen LogP contribution is 2.22. The summed E-state index contributed by atoms with van der Waals surface area (Å²) in [5.74, 6) is 0.995. The lowest BCUT2D eigenvalue weighted by Gasteiger charge is -2.35. The fourth-order valence-corrected chi connectivity index (χ4v) is 4.98. The van der Waals surface area contributed by atoms with Crippen molar-refractivity contribution in [3.8, 4) is 5.75 Å². The first-order valence-electron chi connectivity index (χ1n) is 13.5. The number of halogens is 1. The van der Waals surface area contributed by atoms with Crippen LogP contribution in [-0.2, 0) is 6.54 Å². The Hall–Kier alpha value is -4.54. The Morgan fingerprint density at radius 3 is 2.40 bits per heavy atom. The number of carbonyl (C=O) groups excluding carboxylic acids is 2. The first-order chi connectivity index (χ1) is 20.5. The van der Waals surface area contributed by atoms with Crippen LogP contribution in [0.5, 0.6) is 5.75 Å². The molecule has 3 aromatic carbocycles. The zero-order chi connectivity index (χ0) is 29.3. The molecule has 0 spiro atoms. The van der Waals surface area contributed by atoms with Crippen molar-refractivity contribution in [3.63, 3.8) is 0 Å². The van der Waals surface area contributed by atoms with Crippen LogP contribution in [0.25, 0.3) is 0 Å². The van der Waals surface area contributed by atoms with Crippen molar-refractivity contribution >= 4 is 45.5 Å². The van der Waals surface area contributed by atoms with Crippen molar-refractivity contribution in [2.75, 3.05) is 43.5 Å². The maximum atomic E-state index is 13.1. The molecule has 5 rings (SSSR count). The molecule has 2 heterocycles. The van der Waals surface area contributed by atoms with E-state index in [-0.39, 0.29) is 11.5 Å². The number of rotatable bonds is 9. The molecule has 1 saturated heterocycles. The smallest absolute Gasteiger partial charge is 0.273 e. The molecule has 214 valence electrons. The number of amides is 2. The molecule has 10 heteroatoms. The van der Waals surface area contributed by atoms with E-state index in [1.165, 1.54) is 6.21 Å². The molecule has 0 aliphatic carbocycles. The Balaban J connectivity index is 1.16. The number of hydrazone groups is 1. The highest BCUT2D eigenvalue weighted by Gasteiger charge is 2.19. The van der Waals surface area contributed by atoms with Gasteiger partial charge in [-0.3, -0.25) is 14.5 Å². The van der Waals surface area contributed by atoms with E-state index in [4.69, 9.17) is 4.74 Å². The van der Waals surface area contributed by atoms with Gasteiger partial charge in [-0.05, 0) is 77.9 Å². The summed E-state index contributed by atoms with van der Waals surface area (Å²) in [7, 11) is 1.60. The Labute approximate surface area is 253 Å². The van der Waals surface area contributed by atoms with Crippen LogP contribution in [0.4, 0.5) is 11.5 Å². The third kappa shape index (κ3) is 7.59. The maximum Gasteiger partial charge on any atom is 0.273 e. The van der Waals surface area contributed by atoms with Gasteiger partial charge in [0.05, 0.1) is 24.6 Å². The summed E-state index contributed by atoms with van der Waals surface area (Å²) >= 11 is 3.41. The molecule has 1 aliphatic rings. The molecule has 0 unspecified atom stereocenters. The monoisotopic (exact) mass is 626 g/mol. The lowest BCUT2D eigenvalue weighted by molar-refractivity contribution is 0.0956. The lowest BCUT2D eigenvalue weighted by Crippen LogP contribution is -2.46. The van der Waals surface area contributed by atoms with Crippen LogP contribution in [0.15, 0.2) is 101 Å². The van der Waals surface area contributed by atoms with E-state index < -0.39 is 5.91 Å². The van der Waals surface area contributed by atoms with E-state index in [1.54, 1.807) is 25.3 Å². The zero-order valence-electron chi connectivity index (χ0n) is 23.2. The molecule has 42 heavy (non-hydrogen) atoms. The number of anilines is 2. The van der Waals surface area contributed by atoms with E-state index >= 15 is 0 Å². The van der Waals surface area contributed by atoms with Crippen LogP contribution in [-0.4, -0.2) is 61.2 Å². The average molecular weight is 628 g/mol. The molecule has 0 saturated carbocycles. The van der Waals surface area contributed by atoms with Crippen molar-refractivity contribution in [1.82, 2.24) is 15.3 Å². The van der Waals surface area contributed by atoms with Gasteiger partial charge in [0, 0.05) is 49.0 Å². The third-order valence-electron chi connectivity index (χ3n) is 6.94. The molecule has 0 bridgehead atoms. The number of nitrogens with one attached hydrogen (secondary N) is 2. The van der Waals surface area contributed by atoms with E-state index in [0.717, 1.165) is 55.4 Å². The SMILES string of the molecule is COc1ccc(/C=N/NC(=O)c2cc(Br)ccc2NC(=O)c2ccc(CN3CCN(c4ccccn4)CC3)cc2)cc1. The summed E-state index contributed by atoms with van der Waals surface area (Å²) in [4.78, 5) is 35.2. The minimum Gasteiger partial charge on any atom is -0.497 e. The number of hydrogen-bond acceptors (Lipinski definition) is 7. The van der Waals surface area contributed by atoms with Crippen LogP contribution in [0.2, 0.25) is 0 Å². The lowest BCUT2D eigenvalue weighted by atomic mass is 10.1. The summed E-state index contributed by atoms with van der Waals surface area (Å²) in [6.07, 6.45) is 3.36. The third-order valence-corrected chi connectivity index (χ3v) is 7.43. The fraction of sp³-hybridized carbons (Fsp3) is 0.188. The summed E-state index contributed by atoms with van der Waals surface area (Å²) < 4.78 is 5.86. The second kappa shape index (κ2) is 13.9. The number of methoxy groups -OCH3 is 1. The van der Waals surface area contributed by atoms with Gasteiger partial charge in [0.1, 0.15) is 11.6 Å². The topological polar surface area (TPSA) is 99.2 Å². The molecule has 0 atom stereocenters. The minimum atomic E-state index is -0.449. The fourth-order valence-electron chi connectivity index (χ4n) is 4.62. The Morgan fingerprint density at radius 2 is 1.71 bits per heavy atom. The van der Waals surface area contributed by atoms with Gasteiger partial charge in [0.15, 0.2) is 0 Å². The Bertz CT molecular complexity index is 1540. The quantitative estimate of drug-likeness (QED) is 0.196. The van der Waals surface area contributed by atoms with E-state index in [0.29, 0.717) is 15.7 Å². The number of nitrogens with zero attached hydrogens (tertiary/aromatic N) is 4. The van der Waals surface area contributed by atoms with Gasteiger partial charge in [-0.2, -0.15) is 5.10 Å². The minimum absolute atomic E-state index is 0.283. The molecular weight excluding hydrogens is 596 g/mol. The van der Waals surface area contributed by atoms with Crippen LogP contribution in [0.1, 0.15) is 31.8 Å². The van der Waals surface area contributed by atoms with Crippen molar-refractivity contribution in [1.29, 1.82) is 0 Å². The molecule has 9 nitrogen and oxygen atoms in total. The van der Waals surface area contributed by atoms with Crippen LogP contribution in [0.3, 0.4) is 0 Å². The zero-order valence-corrected chi connectivity index (χ0v) is 24.8. The average Bonchev–Trinajstić information content (AvgIpc) is 3.03. The molecule has 1 aliphatic heterocycles. The van der Waals surface area contributed by atoms with Gasteiger partial charge in [0.25, 0.3) is 11.8 Å². The highest BCUT2D eigenvalue weighted by atomic mass is 79.9. The Morgan fingerprint density at radius 1 is 0.952 bits per heavy atom. The molecule has 1 fully saturated rings. The summed E-state index contributed by atoms with van der Waals surface area (Å²) in [5, 5.41) is 6.92. The van der Waals surface area contributed by atoms with Crippen molar-refractivity contribution < 1.29 is 14.3 Å². The number of piperazine rings is 1. The maximum absolute atomic E-state index is 13.1. The van der Waals surface area contributed by atoms with Gasteiger partial charge in [-0.1, -0.05) is 34.1 Å². The number of ether oxygens (including phenoxy) is 1. The second-order valence-electron chi connectivity index (χ2n) is 9.76. The molecule has 1 aromatic heterocycles. The molecule has 4 aromatic rings. The standard InChI is InChI=1S/C32H31BrN6O3/c1-42-27-12-7-23(8-13-27)21-35-37-32(41)28-20-26(33)11-14-29(28)36-31(40)25-9-5-24(6-10-25)22-38-16-18-39(19-17-38)30-4-2-3-15-34-30/h2-15,20-21H,16-19,22H2,1H3,(H,36,40)(H,37,41)/b35-21+.